The minimum absolute atomic E-state index is 0.305. The zero-order chi connectivity index (χ0) is 11.5. The number of hydrogen-bond donors (Lipinski definition) is 0. The number of esters is 1. The van der Waals surface area contributed by atoms with Crippen molar-refractivity contribution in [1.29, 1.82) is 0 Å². The lowest BCUT2D eigenvalue weighted by Crippen LogP contribution is -2.13. The van der Waals surface area contributed by atoms with Crippen LogP contribution in [0.1, 0.15) is 42.4 Å². The van der Waals surface area contributed by atoms with Gasteiger partial charge in [-0.1, -0.05) is 18.0 Å². The number of nitrogens with zero attached hydrogens (tertiary/aromatic N) is 1. The summed E-state index contributed by atoms with van der Waals surface area (Å²) in [6, 6.07) is 1.90. The highest BCUT2D eigenvalue weighted by Crippen LogP contribution is 2.26. The average molecular weight is 242 g/mol. The molecule has 0 aliphatic carbocycles. The molecule has 1 aromatic heterocycles. The van der Waals surface area contributed by atoms with E-state index in [-0.39, 0.29) is 5.97 Å². The standard InChI is InChI=1S/C12H16ClNO2/c1-2-16-12(15)11-10(13)8-9-6-4-3-5-7-14(9)11/h8H,2-7H2,1H3. The van der Waals surface area contributed by atoms with E-state index in [4.69, 9.17) is 16.3 Å². The molecule has 0 bridgehead atoms. The molecule has 0 atom stereocenters. The molecule has 2 heterocycles. The number of rotatable bonds is 2. The smallest absolute Gasteiger partial charge is 0.356 e. The normalized spacial score (nSPS) is 15.4. The molecule has 3 nitrogen and oxygen atoms in total. The number of carbonyl (C=O) groups is 1. The number of halogens is 1. The van der Waals surface area contributed by atoms with Gasteiger partial charge in [-0.2, -0.15) is 0 Å². The van der Waals surface area contributed by atoms with E-state index in [1.54, 1.807) is 6.92 Å². The molecule has 0 saturated carbocycles. The Labute approximate surface area is 100 Å². The lowest BCUT2D eigenvalue weighted by molar-refractivity contribution is 0.0513. The van der Waals surface area contributed by atoms with Crippen molar-refractivity contribution in [2.45, 2.75) is 39.2 Å². The molecule has 2 rings (SSSR count). The van der Waals surface area contributed by atoms with Gasteiger partial charge < -0.3 is 9.30 Å². The zero-order valence-electron chi connectivity index (χ0n) is 9.46. The number of aryl methyl sites for hydroxylation is 1. The lowest BCUT2D eigenvalue weighted by atomic mass is 10.2. The second kappa shape index (κ2) is 4.91. The Hall–Kier alpha value is -0.960. The Morgan fingerprint density at radius 3 is 3.06 bits per heavy atom. The first-order valence-corrected chi connectivity index (χ1v) is 6.17. The van der Waals surface area contributed by atoms with Crippen molar-refractivity contribution in [3.05, 3.63) is 22.5 Å². The van der Waals surface area contributed by atoms with Crippen LogP contribution < -0.4 is 0 Å². The van der Waals surface area contributed by atoms with Gasteiger partial charge >= 0.3 is 5.97 Å². The van der Waals surface area contributed by atoms with Gasteiger partial charge in [-0.15, -0.1) is 0 Å². The quantitative estimate of drug-likeness (QED) is 0.746. The summed E-state index contributed by atoms with van der Waals surface area (Å²) in [6.07, 6.45) is 4.48. The van der Waals surface area contributed by atoms with Crippen molar-refractivity contribution < 1.29 is 9.53 Å². The van der Waals surface area contributed by atoms with Gasteiger partial charge in [0.2, 0.25) is 0 Å². The highest BCUT2D eigenvalue weighted by atomic mass is 35.5. The van der Waals surface area contributed by atoms with Gasteiger partial charge in [0.1, 0.15) is 5.69 Å². The van der Waals surface area contributed by atoms with Crippen molar-refractivity contribution >= 4 is 17.6 Å². The van der Waals surface area contributed by atoms with Gasteiger partial charge in [0.25, 0.3) is 0 Å². The first-order valence-electron chi connectivity index (χ1n) is 5.79. The molecule has 88 valence electrons. The minimum atomic E-state index is -0.305. The molecule has 0 radical (unpaired) electrons. The Balaban J connectivity index is 2.36. The van der Waals surface area contributed by atoms with Crippen LogP contribution in [-0.2, 0) is 17.7 Å². The summed E-state index contributed by atoms with van der Waals surface area (Å²) in [7, 11) is 0. The maximum Gasteiger partial charge on any atom is 0.356 e. The third-order valence-electron chi connectivity index (χ3n) is 2.92. The van der Waals surface area contributed by atoms with Gasteiger partial charge in [-0.05, 0) is 32.3 Å². The number of ether oxygens (including phenoxy) is 1. The fourth-order valence-electron chi connectivity index (χ4n) is 2.19. The molecular weight excluding hydrogens is 226 g/mol. The van der Waals surface area contributed by atoms with Gasteiger partial charge in [-0.3, -0.25) is 0 Å². The molecule has 0 fully saturated rings. The molecule has 0 N–H and O–H groups in total. The Morgan fingerprint density at radius 1 is 1.50 bits per heavy atom. The van der Waals surface area contributed by atoms with Crippen LogP contribution in [0.15, 0.2) is 6.07 Å². The lowest BCUT2D eigenvalue weighted by Gasteiger charge is -2.09. The number of aromatic nitrogens is 1. The number of carbonyl (C=O) groups excluding carboxylic acids is 1. The van der Waals surface area contributed by atoms with Gasteiger partial charge in [-0.25, -0.2) is 4.79 Å². The van der Waals surface area contributed by atoms with E-state index >= 15 is 0 Å². The van der Waals surface area contributed by atoms with Crippen LogP contribution in [0.2, 0.25) is 5.02 Å². The van der Waals surface area contributed by atoms with Crippen molar-refractivity contribution in [3.63, 3.8) is 0 Å². The Morgan fingerprint density at radius 2 is 2.31 bits per heavy atom. The van der Waals surface area contributed by atoms with Crippen molar-refractivity contribution in [2.75, 3.05) is 6.61 Å². The second-order valence-electron chi connectivity index (χ2n) is 4.01. The summed E-state index contributed by atoms with van der Waals surface area (Å²) >= 11 is 6.10. The zero-order valence-corrected chi connectivity index (χ0v) is 10.2. The summed E-state index contributed by atoms with van der Waals surface area (Å²) in [5.41, 5.74) is 1.69. The average Bonchev–Trinajstić information content (AvgIpc) is 2.43. The monoisotopic (exact) mass is 241 g/mol. The molecular formula is C12H16ClNO2. The SMILES string of the molecule is CCOC(=O)c1c(Cl)cc2n1CCCCC2. The maximum absolute atomic E-state index is 11.8. The molecule has 0 saturated heterocycles. The van der Waals surface area contributed by atoms with E-state index in [9.17, 15) is 4.79 Å². The van der Waals surface area contributed by atoms with Gasteiger partial charge in [0.15, 0.2) is 0 Å². The highest BCUT2D eigenvalue weighted by molar-refractivity contribution is 6.33. The second-order valence-corrected chi connectivity index (χ2v) is 4.42. The first-order chi connectivity index (χ1) is 7.74. The molecule has 0 aromatic carbocycles. The Bertz CT molecular complexity index is 398. The topological polar surface area (TPSA) is 31.2 Å². The summed E-state index contributed by atoms with van der Waals surface area (Å²) in [6.45, 7) is 3.06. The van der Waals surface area contributed by atoms with Crippen molar-refractivity contribution in [2.24, 2.45) is 0 Å². The number of hydrogen-bond acceptors (Lipinski definition) is 2. The molecule has 0 spiro atoms. The fourth-order valence-corrected chi connectivity index (χ4v) is 2.49. The van der Waals surface area contributed by atoms with Crippen LogP contribution >= 0.6 is 11.6 Å². The van der Waals surface area contributed by atoms with E-state index in [2.05, 4.69) is 0 Å². The van der Waals surface area contributed by atoms with Crippen molar-refractivity contribution in [3.8, 4) is 0 Å². The molecule has 4 heteroatoms. The van der Waals surface area contributed by atoms with E-state index < -0.39 is 0 Å². The largest absolute Gasteiger partial charge is 0.461 e. The molecule has 0 amide bonds. The molecule has 16 heavy (non-hydrogen) atoms. The van der Waals surface area contributed by atoms with Crippen LogP contribution in [0, 0.1) is 0 Å². The summed E-state index contributed by atoms with van der Waals surface area (Å²) < 4.78 is 7.05. The van der Waals surface area contributed by atoms with Crippen molar-refractivity contribution in [1.82, 2.24) is 4.57 Å². The van der Waals surface area contributed by atoms with Gasteiger partial charge in [0.05, 0.1) is 11.6 Å². The van der Waals surface area contributed by atoms with Crippen LogP contribution in [0.3, 0.4) is 0 Å². The van der Waals surface area contributed by atoms with E-state index in [1.807, 2.05) is 10.6 Å². The predicted octanol–water partition coefficient (Wildman–Crippen LogP) is 3.04. The van der Waals surface area contributed by atoms with E-state index in [1.165, 1.54) is 12.8 Å². The highest BCUT2D eigenvalue weighted by Gasteiger charge is 2.22. The molecule has 0 unspecified atom stereocenters. The van der Waals surface area contributed by atoms with Crippen LogP contribution in [0.5, 0.6) is 0 Å². The summed E-state index contributed by atoms with van der Waals surface area (Å²) in [4.78, 5) is 11.8. The molecule has 1 aromatic rings. The first kappa shape index (κ1) is 11.5. The molecule has 1 aliphatic rings. The fraction of sp³-hybridized carbons (Fsp3) is 0.583. The maximum atomic E-state index is 11.8. The van der Waals surface area contributed by atoms with Gasteiger partial charge in [0, 0.05) is 12.2 Å². The van der Waals surface area contributed by atoms with E-state index in [0.717, 1.165) is 25.1 Å². The molecule has 1 aliphatic heterocycles. The third kappa shape index (κ3) is 2.09. The van der Waals surface area contributed by atoms with Crippen LogP contribution in [0.25, 0.3) is 0 Å². The Kier molecular flexibility index (Phi) is 3.54. The summed E-state index contributed by atoms with van der Waals surface area (Å²) in [5, 5.41) is 0.523. The van der Waals surface area contributed by atoms with E-state index in [0.29, 0.717) is 17.3 Å². The third-order valence-corrected chi connectivity index (χ3v) is 3.21. The predicted molar refractivity (Wildman–Crippen MR) is 63.0 cm³/mol. The van der Waals surface area contributed by atoms with Crippen LogP contribution in [-0.4, -0.2) is 17.1 Å². The summed E-state index contributed by atoms with van der Waals surface area (Å²) in [5.74, 6) is -0.305. The minimum Gasteiger partial charge on any atom is -0.461 e. The van der Waals surface area contributed by atoms with Crippen LogP contribution in [0.4, 0.5) is 0 Å². The number of fused-ring (bicyclic) bond motifs is 1.